The number of piperazine rings is 1. The van der Waals surface area contributed by atoms with Gasteiger partial charge in [-0.15, -0.1) is 0 Å². The van der Waals surface area contributed by atoms with Gasteiger partial charge in [0.25, 0.3) is 0 Å². The van der Waals surface area contributed by atoms with Crippen molar-refractivity contribution in [3.63, 3.8) is 0 Å². The Morgan fingerprint density at radius 3 is 2.65 bits per heavy atom. The number of rotatable bonds is 4. The molecule has 2 aliphatic rings. The molecule has 5 nitrogen and oxygen atoms in total. The number of urea groups is 1. The molecular formula is C12H24N4O. The quantitative estimate of drug-likeness (QED) is 0.655. The summed E-state index contributed by atoms with van der Waals surface area (Å²) in [5.74, 6) is 0. The third kappa shape index (κ3) is 4.52. The molecule has 1 saturated carbocycles. The number of hydrogen-bond donors (Lipinski definition) is 3. The summed E-state index contributed by atoms with van der Waals surface area (Å²) < 4.78 is 0. The predicted octanol–water partition coefficient (Wildman–Crippen LogP) is 0.133. The number of hydrogen-bond acceptors (Lipinski definition) is 3. The molecule has 2 amide bonds. The fraction of sp³-hybridized carbons (Fsp3) is 0.917. The molecule has 0 spiro atoms. The van der Waals surface area contributed by atoms with Crippen LogP contribution in [0.3, 0.4) is 0 Å². The Morgan fingerprint density at radius 1 is 1.24 bits per heavy atom. The van der Waals surface area contributed by atoms with Gasteiger partial charge in [-0.2, -0.15) is 0 Å². The van der Waals surface area contributed by atoms with Gasteiger partial charge in [0.1, 0.15) is 0 Å². The summed E-state index contributed by atoms with van der Waals surface area (Å²) in [7, 11) is 0. The summed E-state index contributed by atoms with van der Waals surface area (Å²) >= 11 is 0. The molecule has 2 rings (SSSR count). The Balaban J connectivity index is 1.53. The maximum absolute atomic E-state index is 11.6. The van der Waals surface area contributed by atoms with Gasteiger partial charge >= 0.3 is 6.03 Å². The van der Waals surface area contributed by atoms with Crippen molar-refractivity contribution in [2.75, 3.05) is 39.3 Å². The normalized spacial score (nSPS) is 22.6. The van der Waals surface area contributed by atoms with Gasteiger partial charge in [-0.1, -0.05) is 12.8 Å². The lowest BCUT2D eigenvalue weighted by Gasteiger charge is -2.27. The third-order valence-corrected chi connectivity index (χ3v) is 3.61. The molecule has 0 unspecified atom stereocenters. The molecule has 17 heavy (non-hydrogen) atoms. The van der Waals surface area contributed by atoms with Gasteiger partial charge in [0.05, 0.1) is 0 Å². The highest BCUT2D eigenvalue weighted by Gasteiger charge is 2.16. The molecular weight excluding hydrogens is 216 g/mol. The SMILES string of the molecule is O=C(NCCN1CCNCC1)NC1CCCC1. The molecule has 0 bridgehead atoms. The van der Waals surface area contributed by atoms with Crippen LogP contribution in [0.5, 0.6) is 0 Å². The van der Waals surface area contributed by atoms with E-state index >= 15 is 0 Å². The fourth-order valence-corrected chi connectivity index (χ4v) is 2.57. The van der Waals surface area contributed by atoms with E-state index in [9.17, 15) is 4.79 Å². The highest BCUT2D eigenvalue weighted by molar-refractivity contribution is 5.74. The smallest absolute Gasteiger partial charge is 0.315 e. The molecule has 1 aliphatic carbocycles. The van der Waals surface area contributed by atoms with Crippen molar-refractivity contribution in [3.8, 4) is 0 Å². The molecule has 1 heterocycles. The van der Waals surface area contributed by atoms with Crippen LogP contribution in [0.25, 0.3) is 0 Å². The first-order valence-corrected chi connectivity index (χ1v) is 6.82. The summed E-state index contributed by atoms with van der Waals surface area (Å²) in [5.41, 5.74) is 0. The van der Waals surface area contributed by atoms with E-state index < -0.39 is 0 Å². The highest BCUT2D eigenvalue weighted by Crippen LogP contribution is 2.17. The van der Waals surface area contributed by atoms with Gasteiger partial charge in [0.15, 0.2) is 0 Å². The van der Waals surface area contributed by atoms with E-state index in [0.717, 1.165) is 52.1 Å². The van der Waals surface area contributed by atoms with Crippen LogP contribution < -0.4 is 16.0 Å². The Morgan fingerprint density at radius 2 is 1.94 bits per heavy atom. The van der Waals surface area contributed by atoms with E-state index in [0.29, 0.717) is 6.04 Å². The maximum atomic E-state index is 11.6. The molecule has 0 atom stereocenters. The second-order valence-corrected chi connectivity index (χ2v) is 4.97. The predicted molar refractivity (Wildman–Crippen MR) is 68.1 cm³/mol. The van der Waals surface area contributed by atoms with E-state index in [4.69, 9.17) is 0 Å². The highest BCUT2D eigenvalue weighted by atomic mass is 16.2. The fourth-order valence-electron chi connectivity index (χ4n) is 2.57. The van der Waals surface area contributed by atoms with Crippen LogP contribution in [0.1, 0.15) is 25.7 Å². The van der Waals surface area contributed by atoms with Crippen LogP contribution in [-0.2, 0) is 0 Å². The molecule has 1 saturated heterocycles. The van der Waals surface area contributed by atoms with Gasteiger partial charge in [0, 0.05) is 45.3 Å². The van der Waals surface area contributed by atoms with Gasteiger partial charge in [0.2, 0.25) is 0 Å². The lowest BCUT2D eigenvalue weighted by atomic mass is 10.2. The van der Waals surface area contributed by atoms with Crippen molar-refractivity contribution < 1.29 is 4.79 Å². The van der Waals surface area contributed by atoms with Crippen LogP contribution in [0, 0.1) is 0 Å². The summed E-state index contributed by atoms with van der Waals surface area (Å²) in [6, 6.07) is 0.418. The third-order valence-electron chi connectivity index (χ3n) is 3.61. The summed E-state index contributed by atoms with van der Waals surface area (Å²) in [6.45, 7) is 6.01. The number of nitrogens with one attached hydrogen (secondary N) is 3. The number of carbonyl (C=O) groups excluding carboxylic acids is 1. The molecule has 98 valence electrons. The maximum Gasteiger partial charge on any atom is 0.315 e. The monoisotopic (exact) mass is 240 g/mol. The summed E-state index contributed by atoms with van der Waals surface area (Å²) in [4.78, 5) is 14.0. The van der Waals surface area contributed by atoms with Crippen molar-refractivity contribution in [1.82, 2.24) is 20.9 Å². The van der Waals surface area contributed by atoms with Crippen molar-refractivity contribution in [3.05, 3.63) is 0 Å². The molecule has 3 N–H and O–H groups in total. The van der Waals surface area contributed by atoms with Gasteiger partial charge < -0.3 is 16.0 Å². The Hall–Kier alpha value is -0.810. The first-order chi connectivity index (χ1) is 8.34. The molecule has 0 aromatic rings. The Kier molecular flexibility index (Phi) is 5.07. The zero-order valence-corrected chi connectivity index (χ0v) is 10.5. The second kappa shape index (κ2) is 6.81. The summed E-state index contributed by atoms with van der Waals surface area (Å²) in [5, 5.41) is 9.30. The van der Waals surface area contributed by atoms with E-state index in [1.54, 1.807) is 0 Å². The topological polar surface area (TPSA) is 56.4 Å². The number of amides is 2. The Bertz CT molecular complexity index is 235. The van der Waals surface area contributed by atoms with Crippen molar-refractivity contribution in [2.24, 2.45) is 0 Å². The first-order valence-electron chi connectivity index (χ1n) is 6.82. The van der Waals surface area contributed by atoms with E-state index in [1.165, 1.54) is 12.8 Å². The molecule has 0 radical (unpaired) electrons. The van der Waals surface area contributed by atoms with Gasteiger partial charge in [-0.25, -0.2) is 4.79 Å². The van der Waals surface area contributed by atoms with Crippen molar-refractivity contribution >= 4 is 6.03 Å². The standard InChI is InChI=1S/C12H24N4O/c17-12(15-11-3-1-2-4-11)14-7-10-16-8-5-13-6-9-16/h11,13H,1-10H2,(H2,14,15,17). The largest absolute Gasteiger partial charge is 0.337 e. The lowest BCUT2D eigenvalue weighted by Crippen LogP contribution is -2.48. The molecule has 2 fully saturated rings. The minimum absolute atomic E-state index is 0.00651. The molecule has 1 aliphatic heterocycles. The number of nitrogens with zero attached hydrogens (tertiary/aromatic N) is 1. The summed E-state index contributed by atoms with van der Waals surface area (Å²) in [6.07, 6.45) is 4.80. The number of carbonyl (C=O) groups is 1. The van der Waals surface area contributed by atoms with Crippen LogP contribution in [0.4, 0.5) is 4.79 Å². The average molecular weight is 240 g/mol. The van der Waals surface area contributed by atoms with Crippen LogP contribution in [0.2, 0.25) is 0 Å². The minimum atomic E-state index is 0.00651. The van der Waals surface area contributed by atoms with Crippen molar-refractivity contribution in [2.45, 2.75) is 31.7 Å². The van der Waals surface area contributed by atoms with E-state index in [1.807, 2.05) is 0 Å². The van der Waals surface area contributed by atoms with E-state index in [-0.39, 0.29) is 6.03 Å². The minimum Gasteiger partial charge on any atom is -0.337 e. The zero-order valence-electron chi connectivity index (χ0n) is 10.5. The van der Waals surface area contributed by atoms with Gasteiger partial charge in [-0.3, -0.25) is 4.90 Å². The first kappa shape index (κ1) is 12.6. The van der Waals surface area contributed by atoms with Crippen LogP contribution >= 0.6 is 0 Å². The average Bonchev–Trinajstić information content (AvgIpc) is 2.83. The zero-order chi connectivity index (χ0) is 11.9. The van der Waals surface area contributed by atoms with Crippen LogP contribution in [0.15, 0.2) is 0 Å². The molecule has 0 aromatic carbocycles. The molecule has 5 heteroatoms. The Labute approximate surface area is 103 Å². The lowest BCUT2D eigenvalue weighted by molar-refractivity contribution is 0.224. The van der Waals surface area contributed by atoms with Gasteiger partial charge in [-0.05, 0) is 12.8 Å². The second-order valence-electron chi connectivity index (χ2n) is 4.97. The van der Waals surface area contributed by atoms with Crippen LogP contribution in [-0.4, -0.2) is 56.2 Å². The molecule has 0 aromatic heterocycles. The van der Waals surface area contributed by atoms with E-state index in [2.05, 4.69) is 20.9 Å². The van der Waals surface area contributed by atoms with Crippen molar-refractivity contribution in [1.29, 1.82) is 0 Å².